The second kappa shape index (κ2) is 4.21. The summed E-state index contributed by atoms with van der Waals surface area (Å²) in [7, 11) is 0. The van der Waals surface area contributed by atoms with Crippen LogP contribution in [0, 0.1) is 12.1 Å². The van der Waals surface area contributed by atoms with Crippen LogP contribution in [0.3, 0.4) is 0 Å². The number of aryl methyl sites for hydroxylation is 1. The molecule has 2 aromatic carbocycles. The Morgan fingerprint density at radius 2 is 1.95 bits per heavy atom. The molecule has 1 aliphatic rings. The molecule has 1 aliphatic heterocycles. The van der Waals surface area contributed by atoms with Crippen LogP contribution in [0.25, 0.3) is 0 Å². The Hall–Kier alpha value is -2.13. The van der Waals surface area contributed by atoms with E-state index in [4.69, 9.17) is 11.6 Å². The number of benzene rings is 2. The molecule has 0 radical (unpaired) electrons. The van der Waals surface area contributed by atoms with Crippen LogP contribution in [0.15, 0.2) is 42.5 Å². The maximum Gasteiger partial charge on any atom is 0.272 e. The number of carbonyl (C=O) groups is 1. The zero-order chi connectivity index (χ0) is 13.6. The maximum absolute atomic E-state index is 12.3. The third-order valence-electron chi connectivity index (χ3n) is 3.13. The minimum atomic E-state index is -0.280. The second-order valence-electron chi connectivity index (χ2n) is 4.50. The van der Waals surface area contributed by atoms with Gasteiger partial charge in [0.2, 0.25) is 5.69 Å². The Kier molecular flexibility index (Phi) is 2.64. The van der Waals surface area contributed by atoms with Gasteiger partial charge >= 0.3 is 0 Å². The molecular weight excluding hydrogens is 262 g/mol. The Labute approximate surface area is 115 Å². The molecule has 0 spiro atoms. The highest BCUT2D eigenvalue weighted by Crippen LogP contribution is 2.30. The number of halogens is 1. The summed E-state index contributed by atoms with van der Waals surface area (Å²) in [6.45, 7) is 1.92. The summed E-state index contributed by atoms with van der Waals surface area (Å²) < 4.78 is 0.683. The van der Waals surface area contributed by atoms with Gasteiger partial charge in [-0.2, -0.15) is 4.74 Å². The highest BCUT2D eigenvalue weighted by molar-refractivity contribution is 6.52. The second-order valence-corrected chi connectivity index (χ2v) is 4.94. The molecule has 0 unspecified atom stereocenters. The van der Waals surface area contributed by atoms with Crippen LogP contribution >= 0.6 is 11.6 Å². The minimum absolute atomic E-state index is 0.154. The standard InChI is InChI=1S/C15H10ClNO2/c1-9-3-2-4-10(7-9)14-15(18)12-8-11(16)5-6-13(12)17(14)19/h2-8H,1H3. The number of carbonyl (C=O) groups excluding carboxylic acids is 1. The fraction of sp³-hybridized carbons (Fsp3) is 0.0667. The third-order valence-corrected chi connectivity index (χ3v) is 3.37. The van der Waals surface area contributed by atoms with Crippen molar-refractivity contribution in [1.29, 1.82) is 0 Å². The smallest absolute Gasteiger partial charge is 0.272 e. The quantitative estimate of drug-likeness (QED) is 0.589. The van der Waals surface area contributed by atoms with Crippen molar-refractivity contribution >= 4 is 28.8 Å². The predicted molar refractivity (Wildman–Crippen MR) is 74.4 cm³/mol. The predicted octanol–water partition coefficient (Wildman–Crippen LogP) is 3.48. The van der Waals surface area contributed by atoms with Crippen molar-refractivity contribution < 1.29 is 9.53 Å². The summed E-state index contributed by atoms with van der Waals surface area (Å²) in [6, 6.07) is 12.1. The molecule has 19 heavy (non-hydrogen) atoms. The summed E-state index contributed by atoms with van der Waals surface area (Å²) >= 11 is 5.87. The number of fused-ring (bicyclic) bond motifs is 1. The van der Waals surface area contributed by atoms with Gasteiger partial charge in [0.1, 0.15) is 5.56 Å². The number of hydrogen-bond acceptors (Lipinski definition) is 2. The minimum Gasteiger partial charge on any atom is -0.618 e. The van der Waals surface area contributed by atoms with Crippen molar-refractivity contribution in [3.63, 3.8) is 0 Å². The first-order valence-corrected chi connectivity index (χ1v) is 6.21. The van der Waals surface area contributed by atoms with Gasteiger partial charge in [-0.1, -0.05) is 29.3 Å². The largest absolute Gasteiger partial charge is 0.618 e. The van der Waals surface area contributed by atoms with Gasteiger partial charge in [0.05, 0.1) is 5.56 Å². The molecule has 0 atom stereocenters. The molecule has 0 fully saturated rings. The van der Waals surface area contributed by atoms with E-state index in [1.807, 2.05) is 25.1 Å². The monoisotopic (exact) mass is 271 g/mol. The molecule has 0 aliphatic carbocycles. The average Bonchev–Trinajstić information content (AvgIpc) is 2.61. The highest BCUT2D eigenvalue weighted by Gasteiger charge is 2.36. The number of ketones is 1. The van der Waals surface area contributed by atoms with E-state index in [-0.39, 0.29) is 11.5 Å². The number of Topliss-reactive ketones (excluding diaryl/α,β-unsaturated/α-hetero) is 1. The van der Waals surface area contributed by atoms with Gasteiger partial charge in [0.15, 0.2) is 0 Å². The maximum atomic E-state index is 12.3. The first-order chi connectivity index (χ1) is 9.08. The third kappa shape index (κ3) is 1.83. The molecule has 0 bridgehead atoms. The first kappa shape index (κ1) is 11.9. The van der Waals surface area contributed by atoms with Crippen LogP contribution in [0.1, 0.15) is 21.5 Å². The Bertz CT molecular complexity index is 735. The van der Waals surface area contributed by atoms with Gasteiger partial charge in [0.25, 0.3) is 11.5 Å². The van der Waals surface area contributed by atoms with Crippen molar-refractivity contribution in [2.75, 3.05) is 0 Å². The van der Waals surface area contributed by atoms with Gasteiger partial charge in [-0.15, -0.1) is 0 Å². The van der Waals surface area contributed by atoms with E-state index >= 15 is 0 Å². The fourth-order valence-corrected chi connectivity index (χ4v) is 2.42. The SMILES string of the molecule is Cc1cccc(C2=[N+]([O-])c3ccc(Cl)cc3C2=O)c1. The Morgan fingerprint density at radius 3 is 2.68 bits per heavy atom. The van der Waals surface area contributed by atoms with Crippen LogP contribution < -0.4 is 0 Å². The lowest BCUT2D eigenvalue weighted by atomic mass is 10.0. The summed E-state index contributed by atoms with van der Waals surface area (Å²) in [5.74, 6) is -0.280. The number of rotatable bonds is 1. The van der Waals surface area contributed by atoms with Crippen molar-refractivity contribution in [2.24, 2.45) is 0 Å². The van der Waals surface area contributed by atoms with E-state index in [1.165, 1.54) is 6.07 Å². The van der Waals surface area contributed by atoms with Gasteiger partial charge in [-0.25, -0.2) is 0 Å². The summed E-state index contributed by atoms with van der Waals surface area (Å²) in [5, 5.41) is 12.7. The summed E-state index contributed by atoms with van der Waals surface area (Å²) in [4.78, 5) is 12.3. The van der Waals surface area contributed by atoms with Gasteiger partial charge in [-0.05, 0) is 31.2 Å². The molecule has 1 heterocycles. The fourth-order valence-electron chi connectivity index (χ4n) is 2.25. The zero-order valence-corrected chi connectivity index (χ0v) is 10.9. The topological polar surface area (TPSA) is 43.1 Å². The molecular formula is C15H10ClNO2. The van der Waals surface area contributed by atoms with Crippen LogP contribution in [0.5, 0.6) is 0 Å². The lowest BCUT2D eigenvalue weighted by Gasteiger charge is -2.02. The first-order valence-electron chi connectivity index (χ1n) is 5.83. The van der Waals surface area contributed by atoms with Crippen LogP contribution in [-0.4, -0.2) is 16.2 Å². The molecule has 0 aromatic heterocycles. The van der Waals surface area contributed by atoms with E-state index in [0.29, 0.717) is 26.6 Å². The van der Waals surface area contributed by atoms with Crippen molar-refractivity contribution in [3.8, 4) is 0 Å². The molecule has 0 amide bonds. The van der Waals surface area contributed by atoms with E-state index in [1.54, 1.807) is 18.2 Å². The molecule has 94 valence electrons. The van der Waals surface area contributed by atoms with E-state index < -0.39 is 0 Å². The van der Waals surface area contributed by atoms with Crippen LogP contribution in [0.2, 0.25) is 5.02 Å². The molecule has 0 N–H and O–H groups in total. The van der Waals surface area contributed by atoms with Crippen LogP contribution in [-0.2, 0) is 0 Å². The zero-order valence-electron chi connectivity index (χ0n) is 10.2. The van der Waals surface area contributed by atoms with Crippen molar-refractivity contribution in [1.82, 2.24) is 0 Å². The Morgan fingerprint density at radius 1 is 1.16 bits per heavy atom. The van der Waals surface area contributed by atoms with Crippen molar-refractivity contribution in [2.45, 2.75) is 6.92 Å². The highest BCUT2D eigenvalue weighted by atomic mass is 35.5. The lowest BCUT2D eigenvalue weighted by molar-refractivity contribution is -0.355. The number of hydrogen-bond donors (Lipinski definition) is 0. The van der Waals surface area contributed by atoms with Crippen molar-refractivity contribution in [3.05, 3.63) is 69.4 Å². The van der Waals surface area contributed by atoms with Crippen LogP contribution in [0.4, 0.5) is 5.69 Å². The van der Waals surface area contributed by atoms with Gasteiger partial charge in [-0.3, -0.25) is 4.79 Å². The van der Waals surface area contributed by atoms with E-state index in [0.717, 1.165) is 5.56 Å². The number of nitrogens with zero attached hydrogens (tertiary/aromatic N) is 1. The lowest BCUT2D eigenvalue weighted by Crippen LogP contribution is -2.16. The van der Waals surface area contributed by atoms with E-state index in [2.05, 4.69) is 0 Å². The molecule has 3 rings (SSSR count). The average molecular weight is 272 g/mol. The molecule has 2 aromatic rings. The Balaban J connectivity index is 2.20. The van der Waals surface area contributed by atoms with E-state index in [9.17, 15) is 10.0 Å². The molecule has 0 saturated carbocycles. The summed E-state index contributed by atoms with van der Waals surface area (Å²) in [6.07, 6.45) is 0. The van der Waals surface area contributed by atoms with Gasteiger partial charge in [0, 0.05) is 11.1 Å². The normalized spacial score (nSPS) is 13.9. The molecule has 4 heteroatoms. The molecule has 0 saturated heterocycles. The summed E-state index contributed by atoms with van der Waals surface area (Å²) in [5.41, 5.74) is 2.50. The molecule has 3 nitrogen and oxygen atoms in total. The van der Waals surface area contributed by atoms with Gasteiger partial charge < -0.3 is 5.21 Å².